The van der Waals surface area contributed by atoms with Crippen LogP contribution < -0.4 is 10.1 Å². The van der Waals surface area contributed by atoms with Gasteiger partial charge in [0.25, 0.3) is 11.6 Å². The van der Waals surface area contributed by atoms with Gasteiger partial charge in [-0.25, -0.2) is 4.98 Å². The zero-order valence-corrected chi connectivity index (χ0v) is 17.0. The quantitative estimate of drug-likeness (QED) is 0.315. The SMILES string of the molecule is Cc1c(C(=O)Nc2ccc(OC(F)(F)F)cc2)sc2nc(-c3cccc([N+](=O)[O-])c3)cn12. The first kappa shape index (κ1) is 21.3. The van der Waals surface area contributed by atoms with Gasteiger partial charge in [-0.1, -0.05) is 23.5 Å². The first-order valence-electron chi connectivity index (χ1n) is 9.01. The summed E-state index contributed by atoms with van der Waals surface area (Å²) >= 11 is 1.12. The Morgan fingerprint density at radius 1 is 1.22 bits per heavy atom. The van der Waals surface area contributed by atoms with E-state index in [2.05, 4.69) is 15.0 Å². The number of hydrogen-bond acceptors (Lipinski definition) is 6. The van der Waals surface area contributed by atoms with Crippen molar-refractivity contribution in [1.82, 2.24) is 9.38 Å². The van der Waals surface area contributed by atoms with Crippen LogP contribution in [0.15, 0.2) is 54.7 Å². The standard InChI is InChI=1S/C20H13F3N4O4S/c1-11-17(18(28)24-13-5-7-15(8-6-13)31-20(21,22)23)32-19-25-16(10-26(11)19)12-3-2-4-14(9-12)27(29)30/h2-10H,1H3,(H,24,28). The molecule has 164 valence electrons. The van der Waals surface area contributed by atoms with Gasteiger partial charge < -0.3 is 10.1 Å². The van der Waals surface area contributed by atoms with Crippen LogP contribution in [0.2, 0.25) is 0 Å². The number of anilines is 1. The summed E-state index contributed by atoms with van der Waals surface area (Å²) in [6.45, 7) is 1.72. The highest BCUT2D eigenvalue weighted by molar-refractivity contribution is 7.19. The average molecular weight is 462 g/mol. The molecule has 4 rings (SSSR count). The molecular formula is C20H13F3N4O4S. The number of thiazole rings is 1. The van der Waals surface area contributed by atoms with Crippen LogP contribution in [0.1, 0.15) is 15.4 Å². The van der Waals surface area contributed by atoms with Gasteiger partial charge in [-0.2, -0.15) is 0 Å². The Labute approximate surface area is 182 Å². The number of rotatable bonds is 5. The van der Waals surface area contributed by atoms with Crippen molar-refractivity contribution < 1.29 is 27.6 Å². The fourth-order valence-corrected chi connectivity index (χ4v) is 4.01. The normalized spacial score (nSPS) is 11.5. The molecule has 0 radical (unpaired) electrons. The van der Waals surface area contributed by atoms with E-state index in [0.29, 0.717) is 32.5 Å². The third kappa shape index (κ3) is 4.39. The molecule has 0 fully saturated rings. The van der Waals surface area contributed by atoms with Gasteiger partial charge in [0.05, 0.1) is 10.6 Å². The fourth-order valence-electron chi connectivity index (χ4n) is 3.01. The fraction of sp³-hybridized carbons (Fsp3) is 0.100. The number of aryl methyl sites for hydroxylation is 1. The van der Waals surface area contributed by atoms with E-state index >= 15 is 0 Å². The van der Waals surface area contributed by atoms with Gasteiger partial charge in [0.2, 0.25) is 0 Å². The van der Waals surface area contributed by atoms with Crippen LogP contribution >= 0.6 is 11.3 Å². The van der Waals surface area contributed by atoms with Crippen molar-refractivity contribution >= 4 is 33.6 Å². The lowest BCUT2D eigenvalue weighted by Crippen LogP contribution is -2.17. The minimum Gasteiger partial charge on any atom is -0.406 e. The van der Waals surface area contributed by atoms with Crippen molar-refractivity contribution in [3.05, 3.63) is 75.4 Å². The topological polar surface area (TPSA) is 98.8 Å². The van der Waals surface area contributed by atoms with Crippen LogP contribution in [0.3, 0.4) is 0 Å². The molecule has 0 spiro atoms. The Morgan fingerprint density at radius 2 is 1.94 bits per heavy atom. The maximum atomic E-state index is 12.7. The van der Waals surface area contributed by atoms with Crippen molar-refractivity contribution in [3.63, 3.8) is 0 Å². The van der Waals surface area contributed by atoms with Crippen LogP contribution in [-0.4, -0.2) is 26.6 Å². The second kappa shape index (κ2) is 7.96. The number of aromatic nitrogens is 2. The zero-order chi connectivity index (χ0) is 23.0. The lowest BCUT2D eigenvalue weighted by molar-refractivity contribution is -0.384. The molecule has 32 heavy (non-hydrogen) atoms. The van der Waals surface area contributed by atoms with Gasteiger partial charge in [0.15, 0.2) is 4.96 Å². The molecule has 0 atom stereocenters. The minimum absolute atomic E-state index is 0.0534. The van der Waals surface area contributed by atoms with Crippen molar-refractivity contribution in [2.45, 2.75) is 13.3 Å². The Kier molecular flexibility index (Phi) is 5.30. The molecule has 0 saturated carbocycles. The number of carbonyl (C=O) groups excluding carboxylic acids is 1. The number of nitro groups is 1. The smallest absolute Gasteiger partial charge is 0.406 e. The number of nitro benzene ring substituents is 1. The number of nitrogens with one attached hydrogen (secondary N) is 1. The number of carbonyl (C=O) groups is 1. The summed E-state index contributed by atoms with van der Waals surface area (Å²) in [7, 11) is 0. The van der Waals surface area contributed by atoms with Crippen LogP contribution in [0.25, 0.3) is 16.2 Å². The van der Waals surface area contributed by atoms with E-state index < -0.39 is 22.9 Å². The van der Waals surface area contributed by atoms with Crippen LogP contribution in [0.5, 0.6) is 5.75 Å². The van der Waals surface area contributed by atoms with Crippen molar-refractivity contribution in [1.29, 1.82) is 0 Å². The summed E-state index contributed by atoms with van der Waals surface area (Å²) < 4.78 is 42.3. The number of alkyl halides is 3. The van der Waals surface area contributed by atoms with Crippen LogP contribution in [0, 0.1) is 17.0 Å². The minimum atomic E-state index is -4.79. The summed E-state index contributed by atoms with van der Waals surface area (Å²) in [6, 6.07) is 10.9. The summed E-state index contributed by atoms with van der Waals surface area (Å²) in [4.78, 5) is 28.5. The molecule has 0 unspecified atom stereocenters. The molecule has 4 aromatic rings. The van der Waals surface area contributed by atoms with E-state index in [1.165, 1.54) is 24.3 Å². The number of amides is 1. The second-order valence-corrected chi connectivity index (χ2v) is 7.61. The summed E-state index contributed by atoms with van der Waals surface area (Å²) in [5.74, 6) is -0.839. The molecule has 0 saturated heterocycles. The number of benzene rings is 2. The lowest BCUT2D eigenvalue weighted by Gasteiger charge is -2.09. The van der Waals surface area contributed by atoms with Gasteiger partial charge >= 0.3 is 6.36 Å². The molecule has 8 nitrogen and oxygen atoms in total. The first-order chi connectivity index (χ1) is 15.1. The Hall–Kier alpha value is -3.93. The molecule has 0 aliphatic heterocycles. The maximum absolute atomic E-state index is 12.7. The third-order valence-electron chi connectivity index (χ3n) is 4.46. The molecule has 0 bridgehead atoms. The van der Waals surface area contributed by atoms with Crippen molar-refractivity contribution in [3.8, 4) is 17.0 Å². The number of hydrogen-bond donors (Lipinski definition) is 1. The maximum Gasteiger partial charge on any atom is 0.573 e. The van der Waals surface area contributed by atoms with Gasteiger partial charge in [-0.3, -0.25) is 19.3 Å². The molecule has 1 amide bonds. The van der Waals surface area contributed by atoms with Crippen LogP contribution in [0.4, 0.5) is 24.5 Å². The Morgan fingerprint density at radius 3 is 2.56 bits per heavy atom. The molecule has 2 heterocycles. The molecule has 0 aliphatic carbocycles. The number of imidazole rings is 1. The summed E-state index contributed by atoms with van der Waals surface area (Å²) in [5, 5.41) is 13.6. The van der Waals surface area contributed by atoms with Gasteiger partial charge in [0, 0.05) is 35.3 Å². The van der Waals surface area contributed by atoms with E-state index in [0.717, 1.165) is 23.5 Å². The summed E-state index contributed by atoms with van der Waals surface area (Å²) in [5.41, 5.74) is 1.94. The van der Waals surface area contributed by atoms with E-state index in [-0.39, 0.29) is 5.69 Å². The Balaban J connectivity index is 1.54. The highest BCUT2D eigenvalue weighted by Gasteiger charge is 2.31. The molecular weight excluding hydrogens is 449 g/mol. The predicted molar refractivity (Wildman–Crippen MR) is 111 cm³/mol. The highest BCUT2D eigenvalue weighted by Crippen LogP contribution is 2.30. The number of fused-ring (bicyclic) bond motifs is 1. The number of ether oxygens (including phenoxy) is 1. The first-order valence-corrected chi connectivity index (χ1v) is 9.83. The van der Waals surface area contributed by atoms with E-state index in [9.17, 15) is 28.1 Å². The van der Waals surface area contributed by atoms with E-state index in [1.54, 1.807) is 29.7 Å². The zero-order valence-electron chi connectivity index (χ0n) is 16.2. The number of non-ortho nitro benzene ring substituents is 1. The monoisotopic (exact) mass is 462 g/mol. The molecule has 12 heteroatoms. The van der Waals surface area contributed by atoms with Crippen molar-refractivity contribution in [2.75, 3.05) is 5.32 Å². The average Bonchev–Trinajstić information content (AvgIpc) is 3.28. The van der Waals surface area contributed by atoms with Gasteiger partial charge in [-0.15, -0.1) is 13.2 Å². The predicted octanol–water partition coefficient (Wildman–Crippen LogP) is 5.43. The molecule has 0 aliphatic rings. The Bertz CT molecular complexity index is 1330. The van der Waals surface area contributed by atoms with Gasteiger partial charge in [-0.05, 0) is 31.2 Å². The van der Waals surface area contributed by atoms with Gasteiger partial charge in [0.1, 0.15) is 10.6 Å². The largest absolute Gasteiger partial charge is 0.573 e. The molecule has 2 aromatic heterocycles. The van der Waals surface area contributed by atoms with E-state index in [4.69, 9.17) is 0 Å². The third-order valence-corrected chi connectivity index (χ3v) is 5.62. The summed E-state index contributed by atoms with van der Waals surface area (Å²) in [6.07, 6.45) is -3.11. The molecule has 2 aromatic carbocycles. The number of halogens is 3. The number of nitrogens with zero attached hydrogens (tertiary/aromatic N) is 3. The second-order valence-electron chi connectivity index (χ2n) is 6.63. The van der Waals surface area contributed by atoms with Crippen molar-refractivity contribution in [2.24, 2.45) is 0 Å². The molecule has 1 N–H and O–H groups in total. The highest BCUT2D eigenvalue weighted by atomic mass is 32.1. The lowest BCUT2D eigenvalue weighted by atomic mass is 10.1. The van der Waals surface area contributed by atoms with E-state index in [1.807, 2.05) is 0 Å². The van der Waals surface area contributed by atoms with Crippen LogP contribution in [-0.2, 0) is 0 Å².